The largest absolute Gasteiger partial charge is 0.404 e. The molecule has 0 saturated carbocycles. The Balaban J connectivity index is 1.30. The molecule has 4 aromatic carbocycles. The van der Waals surface area contributed by atoms with Crippen LogP contribution in [0.3, 0.4) is 0 Å². The van der Waals surface area contributed by atoms with E-state index < -0.39 is 29.9 Å². The average molecular weight is 530 g/mol. The third-order valence-electron chi connectivity index (χ3n) is 7.16. The zero-order valence-corrected chi connectivity index (χ0v) is 21.3. The van der Waals surface area contributed by atoms with Gasteiger partial charge in [0.15, 0.2) is 17.4 Å². The van der Waals surface area contributed by atoms with E-state index >= 15 is 0 Å². The second-order valence-corrected chi connectivity index (χ2v) is 9.79. The van der Waals surface area contributed by atoms with E-state index in [0.717, 1.165) is 22.8 Å². The monoisotopic (exact) mass is 529 g/mol. The highest BCUT2D eigenvalue weighted by Gasteiger charge is 2.57. The maximum Gasteiger partial charge on any atom is 0.162 e. The Labute approximate surface area is 226 Å². The van der Waals surface area contributed by atoms with E-state index in [4.69, 9.17) is 19.0 Å². The molecule has 1 fully saturated rings. The highest BCUT2D eigenvalue weighted by atomic mass is 19.2. The first-order chi connectivity index (χ1) is 19.2. The molecule has 0 aliphatic carbocycles. The first-order valence-electron chi connectivity index (χ1n) is 13.1. The van der Waals surface area contributed by atoms with E-state index in [9.17, 15) is 8.78 Å². The third-order valence-corrected chi connectivity index (χ3v) is 7.16. The minimum absolute atomic E-state index is 0.273. The number of nitrogens with zero attached hydrogens (tertiary/aromatic N) is 1. The second-order valence-electron chi connectivity index (χ2n) is 9.79. The van der Waals surface area contributed by atoms with Crippen LogP contribution in [0.15, 0.2) is 103 Å². The number of hydrogen-bond acceptors (Lipinski definition) is 5. The SMILES string of the molecule is Fc1cc2c(cc1F)[C@H]1[C@H](OCc3ccccc3)[C@H](OCc3ccccc3)[C@H](COCc3ccccc3)N1O2. The molecule has 6 rings (SSSR count). The van der Waals surface area contributed by atoms with E-state index in [2.05, 4.69) is 0 Å². The molecule has 0 radical (unpaired) electrons. The van der Waals surface area contributed by atoms with Crippen molar-refractivity contribution in [2.75, 3.05) is 6.61 Å². The lowest BCUT2D eigenvalue weighted by Crippen LogP contribution is -2.42. The van der Waals surface area contributed by atoms with E-state index in [1.165, 1.54) is 6.07 Å². The topological polar surface area (TPSA) is 40.2 Å². The van der Waals surface area contributed by atoms with E-state index in [0.29, 0.717) is 25.4 Å². The number of fused-ring (bicyclic) bond motifs is 3. The fourth-order valence-corrected chi connectivity index (χ4v) is 5.27. The smallest absolute Gasteiger partial charge is 0.162 e. The summed E-state index contributed by atoms with van der Waals surface area (Å²) >= 11 is 0. The van der Waals surface area contributed by atoms with Crippen LogP contribution in [-0.2, 0) is 34.0 Å². The summed E-state index contributed by atoms with van der Waals surface area (Å²) in [4.78, 5) is 6.13. The van der Waals surface area contributed by atoms with Crippen molar-refractivity contribution in [3.8, 4) is 5.75 Å². The van der Waals surface area contributed by atoms with Crippen molar-refractivity contribution in [1.82, 2.24) is 5.06 Å². The molecule has 200 valence electrons. The van der Waals surface area contributed by atoms with Gasteiger partial charge in [-0.25, -0.2) is 8.78 Å². The number of hydroxylamine groups is 2. The Morgan fingerprint density at radius 2 is 1.15 bits per heavy atom. The van der Waals surface area contributed by atoms with Crippen LogP contribution < -0.4 is 4.84 Å². The molecule has 4 aromatic rings. The molecule has 0 unspecified atom stereocenters. The number of ether oxygens (including phenoxy) is 3. The van der Waals surface area contributed by atoms with E-state index in [1.807, 2.05) is 91.0 Å². The van der Waals surface area contributed by atoms with Gasteiger partial charge in [-0.1, -0.05) is 91.0 Å². The van der Waals surface area contributed by atoms with Crippen molar-refractivity contribution >= 4 is 0 Å². The fourth-order valence-electron chi connectivity index (χ4n) is 5.27. The van der Waals surface area contributed by atoms with Crippen molar-refractivity contribution in [2.24, 2.45) is 0 Å². The minimum atomic E-state index is -0.953. The third kappa shape index (κ3) is 5.58. The van der Waals surface area contributed by atoms with Crippen molar-refractivity contribution < 1.29 is 27.8 Å². The predicted molar refractivity (Wildman–Crippen MR) is 141 cm³/mol. The number of halogens is 2. The van der Waals surface area contributed by atoms with Gasteiger partial charge >= 0.3 is 0 Å². The van der Waals surface area contributed by atoms with Crippen LogP contribution in [0.2, 0.25) is 0 Å². The summed E-state index contributed by atoms with van der Waals surface area (Å²) in [5.74, 6) is -1.60. The van der Waals surface area contributed by atoms with Gasteiger partial charge in [0.1, 0.15) is 18.2 Å². The van der Waals surface area contributed by atoms with Gasteiger partial charge in [0.2, 0.25) is 0 Å². The molecule has 0 N–H and O–H groups in total. The van der Waals surface area contributed by atoms with Crippen LogP contribution in [-0.4, -0.2) is 29.9 Å². The molecule has 4 atom stereocenters. The summed E-state index contributed by atoms with van der Waals surface area (Å²) in [6, 6.07) is 31.0. The van der Waals surface area contributed by atoms with Gasteiger partial charge in [-0.05, 0) is 22.8 Å². The molecule has 39 heavy (non-hydrogen) atoms. The Kier molecular flexibility index (Phi) is 7.65. The fraction of sp³-hybridized carbons (Fsp3) is 0.250. The number of hydrogen-bond donors (Lipinski definition) is 0. The van der Waals surface area contributed by atoms with Gasteiger partial charge in [0.05, 0.1) is 32.5 Å². The predicted octanol–water partition coefficient (Wildman–Crippen LogP) is 6.39. The van der Waals surface area contributed by atoms with Crippen LogP contribution in [0, 0.1) is 11.6 Å². The standard InChI is InChI=1S/C32H29F2NO4/c33-26-16-25-29(17-27(26)34)39-35-28(21-36-18-22-10-4-1-5-11-22)31(37-19-23-12-6-2-7-13-23)32(30(25)35)38-20-24-14-8-3-9-15-24/h1-17,28,30-32H,18-21H2/t28-,30-,31+,32-/m0/s1. The van der Waals surface area contributed by atoms with E-state index in [-0.39, 0.29) is 18.4 Å². The molecule has 2 aliphatic heterocycles. The molecule has 2 aliphatic rings. The number of benzene rings is 4. The first-order valence-corrected chi connectivity index (χ1v) is 13.1. The van der Waals surface area contributed by atoms with Crippen LogP contribution in [0.1, 0.15) is 28.3 Å². The Bertz CT molecular complexity index is 1370. The van der Waals surface area contributed by atoms with E-state index in [1.54, 1.807) is 5.06 Å². The highest BCUT2D eigenvalue weighted by molar-refractivity contribution is 5.42. The van der Waals surface area contributed by atoms with Gasteiger partial charge in [-0.15, -0.1) is 5.06 Å². The van der Waals surface area contributed by atoms with Crippen molar-refractivity contribution in [2.45, 2.75) is 44.1 Å². The second kappa shape index (κ2) is 11.6. The lowest BCUT2D eigenvalue weighted by molar-refractivity contribution is -0.125. The summed E-state index contributed by atoms with van der Waals surface area (Å²) in [6.45, 7) is 1.37. The molecule has 0 aromatic heterocycles. The molecule has 0 bridgehead atoms. The zero-order valence-electron chi connectivity index (χ0n) is 21.3. The number of rotatable bonds is 10. The van der Waals surface area contributed by atoms with Gasteiger partial charge in [0, 0.05) is 11.6 Å². The molecule has 1 saturated heterocycles. The molecule has 0 spiro atoms. The summed E-state index contributed by atoms with van der Waals surface area (Å²) in [5, 5.41) is 1.74. The lowest BCUT2D eigenvalue weighted by atomic mass is 9.99. The zero-order chi connectivity index (χ0) is 26.6. The molecular weight excluding hydrogens is 500 g/mol. The Morgan fingerprint density at radius 3 is 1.74 bits per heavy atom. The summed E-state index contributed by atoms with van der Waals surface area (Å²) in [7, 11) is 0. The lowest BCUT2D eigenvalue weighted by Gasteiger charge is -2.27. The van der Waals surface area contributed by atoms with Crippen LogP contribution >= 0.6 is 0 Å². The van der Waals surface area contributed by atoms with Gasteiger partial charge in [-0.3, -0.25) is 0 Å². The van der Waals surface area contributed by atoms with Gasteiger partial charge < -0.3 is 19.0 Å². The Morgan fingerprint density at radius 1 is 0.641 bits per heavy atom. The quantitative estimate of drug-likeness (QED) is 0.238. The van der Waals surface area contributed by atoms with Crippen LogP contribution in [0.5, 0.6) is 5.75 Å². The molecule has 5 nitrogen and oxygen atoms in total. The summed E-state index contributed by atoms with van der Waals surface area (Å²) in [6.07, 6.45) is -0.985. The normalized spacial score (nSPS) is 21.9. The van der Waals surface area contributed by atoms with Crippen molar-refractivity contribution in [3.63, 3.8) is 0 Å². The maximum atomic E-state index is 14.4. The molecule has 7 heteroatoms. The van der Waals surface area contributed by atoms with Gasteiger partial charge in [0.25, 0.3) is 0 Å². The highest BCUT2D eigenvalue weighted by Crippen LogP contribution is 2.49. The van der Waals surface area contributed by atoms with Crippen LogP contribution in [0.25, 0.3) is 0 Å². The molecule has 2 heterocycles. The van der Waals surface area contributed by atoms with Crippen molar-refractivity contribution in [3.05, 3.63) is 137 Å². The molecule has 0 amide bonds. The first kappa shape index (κ1) is 25.6. The van der Waals surface area contributed by atoms with Crippen LogP contribution in [0.4, 0.5) is 8.78 Å². The summed E-state index contributed by atoms with van der Waals surface area (Å²) < 4.78 is 47.7. The van der Waals surface area contributed by atoms with Gasteiger partial charge in [-0.2, -0.15) is 0 Å². The average Bonchev–Trinajstić information content (AvgIpc) is 3.46. The summed E-state index contributed by atoms with van der Waals surface area (Å²) in [5.41, 5.74) is 3.59. The van der Waals surface area contributed by atoms with Crippen molar-refractivity contribution in [1.29, 1.82) is 0 Å². The molecular formula is C32H29F2NO4. The minimum Gasteiger partial charge on any atom is -0.404 e. The maximum absolute atomic E-state index is 14.4. The Hall–Kier alpha value is -3.62.